The first kappa shape index (κ1) is 17.0. The molecule has 1 amide bonds. The van der Waals surface area contributed by atoms with Crippen LogP contribution in [0, 0.1) is 5.41 Å². The van der Waals surface area contributed by atoms with Crippen LogP contribution in [0.25, 0.3) is 0 Å². The van der Waals surface area contributed by atoms with Crippen molar-refractivity contribution in [2.75, 3.05) is 6.54 Å². The summed E-state index contributed by atoms with van der Waals surface area (Å²) in [5, 5.41) is 12.3. The lowest BCUT2D eigenvalue weighted by Gasteiger charge is -2.28. The summed E-state index contributed by atoms with van der Waals surface area (Å²) in [5.41, 5.74) is 5.01. The summed E-state index contributed by atoms with van der Waals surface area (Å²) in [5.74, 6) is -1.01. The third kappa shape index (κ3) is 4.78. The molecule has 4 N–H and O–H groups in total. The van der Waals surface area contributed by atoms with Crippen molar-refractivity contribution in [3.63, 3.8) is 0 Å². The Bertz CT molecular complexity index is 323. The van der Waals surface area contributed by atoms with E-state index in [1.807, 2.05) is 0 Å². The van der Waals surface area contributed by atoms with E-state index in [1.54, 1.807) is 0 Å². The van der Waals surface area contributed by atoms with Gasteiger partial charge in [0.1, 0.15) is 0 Å². The van der Waals surface area contributed by atoms with E-state index < -0.39 is 17.4 Å². The number of aliphatic carboxylic acids is 1. The molecule has 20 heavy (non-hydrogen) atoms. The summed E-state index contributed by atoms with van der Waals surface area (Å²) < 4.78 is 0. The molecule has 0 aromatic heterocycles. The van der Waals surface area contributed by atoms with Crippen molar-refractivity contribution in [1.82, 2.24) is 5.32 Å². The van der Waals surface area contributed by atoms with Crippen LogP contribution in [-0.4, -0.2) is 29.6 Å². The van der Waals surface area contributed by atoms with Gasteiger partial charge in [0, 0.05) is 6.54 Å². The highest BCUT2D eigenvalue weighted by Crippen LogP contribution is 2.34. The molecule has 0 heterocycles. The van der Waals surface area contributed by atoms with Gasteiger partial charge in [-0.3, -0.25) is 9.59 Å². The first-order valence-electron chi connectivity index (χ1n) is 7.78. The smallest absolute Gasteiger partial charge is 0.311 e. The molecule has 0 radical (unpaired) electrons. The van der Waals surface area contributed by atoms with Crippen LogP contribution < -0.4 is 11.1 Å². The largest absolute Gasteiger partial charge is 0.481 e. The first-order valence-corrected chi connectivity index (χ1v) is 7.78. The number of unbranched alkanes of at least 4 members (excludes halogenated alkanes) is 1. The quantitative estimate of drug-likeness (QED) is 0.624. The monoisotopic (exact) mass is 284 g/mol. The number of hydrogen-bond donors (Lipinski definition) is 3. The van der Waals surface area contributed by atoms with Gasteiger partial charge >= 0.3 is 5.97 Å². The third-order valence-electron chi connectivity index (χ3n) is 4.32. The second-order valence-corrected chi connectivity index (χ2v) is 5.97. The number of rotatable bonds is 7. The van der Waals surface area contributed by atoms with E-state index in [-0.39, 0.29) is 12.5 Å². The lowest BCUT2D eigenvalue weighted by Crippen LogP contribution is -2.48. The van der Waals surface area contributed by atoms with E-state index in [0.29, 0.717) is 19.3 Å². The van der Waals surface area contributed by atoms with Gasteiger partial charge in [-0.1, -0.05) is 45.4 Å². The number of carboxylic acid groups (broad SMARTS) is 1. The summed E-state index contributed by atoms with van der Waals surface area (Å²) >= 11 is 0. The molecular formula is C15H28N2O3. The van der Waals surface area contributed by atoms with Gasteiger partial charge in [0.25, 0.3) is 0 Å². The van der Waals surface area contributed by atoms with Crippen LogP contribution in [0.3, 0.4) is 0 Å². The predicted molar refractivity (Wildman–Crippen MR) is 78.3 cm³/mol. The number of hydrogen-bond acceptors (Lipinski definition) is 3. The molecular weight excluding hydrogens is 256 g/mol. The Labute approximate surface area is 121 Å². The Balaban J connectivity index is 2.54. The van der Waals surface area contributed by atoms with Gasteiger partial charge in [0.2, 0.25) is 5.91 Å². The maximum absolute atomic E-state index is 11.9. The molecule has 0 aliphatic heterocycles. The fraction of sp³-hybridized carbons (Fsp3) is 0.867. The zero-order valence-corrected chi connectivity index (χ0v) is 12.5. The Kier molecular flexibility index (Phi) is 6.99. The lowest BCUT2D eigenvalue weighted by atomic mass is 9.80. The lowest BCUT2D eigenvalue weighted by molar-refractivity contribution is -0.149. The average molecular weight is 284 g/mol. The molecule has 0 aromatic carbocycles. The highest BCUT2D eigenvalue weighted by Gasteiger charge is 2.39. The Morgan fingerprint density at radius 3 is 2.35 bits per heavy atom. The van der Waals surface area contributed by atoms with Crippen LogP contribution in [0.4, 0.5) is 0 Å². The number of carbonyl (C=O) groups excluding carboxylic acids is 1. The van der Waals surface area contributed by atoms with Crippen molar-refractivity contribution in [2.45, 2.75) is 70.8 Å². The number of carbonyl (C=O) groups is 2. The molecule has 0 spiro atoms. The van der Waals surface area contributed by atoms with Crippen molar-refractivity contribution >= 4 is 11.9 Å². The van der Waals surface area contributed by atoms with E-state index in [1.165, 1.54) is 0 Å². The zero-order chi connectivity index (χ0) is 15.0. The minimum atomic E-state index is -0.795. The molecule has 0 unspecified atom stereocenters. The first-order chi connectivity index (χ1) is 9.52. The Hall–Kier alpha value is -1.10. The van der Waals surface area contributed by atoms with E-state index in [2.05, 4.69) is 12.2 Å². The average Bonchev–Trinajstić information content (AvgIpc) is 2.68. The Morgan fingerprint density at radius 2 is 1.85 bits per heavy atom. The molecule has 1 atom stereocenters. The minimum Gasteiger partial charge on any atom is -0.481 e. The summed E-state index contributed by atoms with van der Waals surface area (Å²) in [6, 6.07) is -0.522. The number of carboxylic acids is 1. The molecule has 5 nitrogen and oxygen atoms in total. The number of nitrogens with one attached hydrogen (secondary N) is 1. The molecule has 1 aliphatic rings. The predicted octanol–water partition coefficient (Wildman–Crippen LogP) is 2.05. The molecule has 5 heteroatoms. The summed E-state index contributed by atoms with van der Waals surface area (Å²) in [6.45, 7) is 2.26. The van der Waals surface area contributed by atoms with Gasteiger partial charge in [0.15, 0.2) is 0 Å². The second kappa shape index (κ2) is 8.25. The normalized spacial score (nSPS) is 19.9. The molecule has 116 valence electrons. The second-order valence-electron chi connectivity index (χ2n) is 5.97. The molecule has 1 rings (SSSR count). The summed E-state index contributed by atoms with van der Waals surface area (Å²) in [6.07, 6.45) is 7.87. The van der Waals surface area contributed by atoms with E-state index in [4.69, 9.17) is 5.73 Å². The highest BCUT2D eigenvalue weighted by molar-refractivity contribution is 5.82. The molecule has 0 aromatic rings. The van der Waals surface area contributed by atoms with Crippen LogP contribution in [0.15, 0.2) is 0 Å². The van der Waals surface area contributed by atoms with E-state index >= 15 is 0 Å². The van der Waals surface area contributed by atoms with Gasteiger partial charge in [-0.05, 0) is 19.3 Å². The van der Waals surface area contributed by atoms with Crippen molar-refractivity contribution in [2.24, 2.45) is 11.1 Å². The van der Waals surface area contributed by atoms with Crippen molar-refractivity contribution in [1.29, 1.82) is 0 Å². The van der Waals surface area contributed by atoms with Gasteiger partial charge in [-0.2, -0.15) is 0 Å². The van der Waals surface area contributed by atoms with Gasteiger partial charge in [-0.15, -0.1) is 0 Å². The third-order valence-corrected chi connectivity index (χ3v) is 4.32. The number of nitrogens with two attached hydrogens (primary N) is 1. The van der Waals surface area contributed by atoms with Crippen LogP contribution >= 0.6 is 0 Å². The van der Waals surface area contributed by atoms with Crippen LogP contribution in [-0.2, 0) is 9.59 Å². The fourth-order valence-corrected chi connectivity index (χ4v) is 2.81. The maximum atomic E-state index is 11.9. The topological polar surface area (TPSA) is 92.4 Å². The minimum absolute atomic E-state index is 0.209. The van der Waals surface area contributed by atoms with Gasteiger partial charge < -0.3 is 16.2 Å². The summed E-state index contributed by atoms with van der Waals surface area (Å²) in [4.78, 5) is 23.5. The molecule has 1 fully saturated rings. The van der Waals surface area contributed by atoms with Gasteiger partial charge in [-0.25, -0.2) is 0 Å². The van der Waals surface area contributed by atoms with Crippen molar-refractivity contribution < 1.29 is 14.7 Å². The van der Waals surface area contributed by atoms with Gasteiger partial charge in [0.05, 0.1) is 11.5 Å². The van der Waals surface area contributed by atoms with Crippen LogP contribution in [0.5, 0.6) is 0 Å². The zero-order valence-electron chi connectivity index (χ0n) is 12.5. The number of amides is 1. The molecule has 0 bridgehead atoms. The molecule has 1 saturated carbocycles. The molecule has 1 aliphatic carbocycles. The van der Waals surface area contributed by atoms with Crippen LogP contribution in [0.1, 0.15) is 64.7 Å². The van der Waals surface area contributed by atoms with E-state index in [0.717, 1.165) is 38.5 Å². The van der Waals surface area contributed by atoms with Crippen molar-refractivity contribution in [3.05, 3.63) is 0 Å². The fourth-order valence-electron chi connectivity index (χ4n) is 2.81. The highest BCUT2D eigenvalue weighted by atomic mass is 16.4. The summed E-state index contributed by atoms with van der Waals surface area (Å²) in [7, 11) is 0. The Morgan fingerprint density at radius 1 is 1.25 bits per heavy atom. The molecule has 0 saturated heterocycles. The maximum Gasteiger partial charge on any atom is 0.311 e. The van der Waals surface area contributed by atoms with E-state index in [9.17, 15) is 14.7 Å². The van der Waals surface area contributed by atoms with Crippen molar-refractivity contribution in [3.8, 4) is 0 Å². The van der Waals surface area contributed by atoms with Crippen LogP contribution in [0.2, 0.25) is 0 Å². The standard InChI is InChI=1S/C15H28N2O3/c1-2-3-8-12(16)13(18)17-11-15(14(19)20)9-6-4-5-7-10-15/h12H,2-11,16H2,1H3,(H,17,18)(H,19,20)/t12-/m0/s1. The SMILES string of the molecule is CCCC[C@H](N)C(=O)NCC1(C(=O)O)CCCCCC1.